The van der Waals surface area contributed by atoms with Gasteiger partial charge in [0.2, 0.25) is 5.91 Å². The normalized spacial score (nSPS) is 33.9. The predicted molar refractivity (Wildman–Crippen MR) is 39.6 cm³/mol. The molecule has 0 aromatic rings. The second-order valence-corrected chi connectivity index (χ2v) is 3.09. The summed E-state index contributed by atoms with van der Waals surface area (Å²) in [6.07, 6.45) is 5.31. The molecule has 60 valence electrons. The molecule has 0 spiro atoms. The lowest BCUT2D eigenvalue weighted by molar-refractivity contribution is -0.141. The maximum Gasteiger partial charge on any atom is 0.228 e. The molecule has 0 aromatic carbocycles. The first-order chi connectivity index (χ1) is 5.33. The van der Waals surface area contributed by atoms with Crippen molar-refractivity contribution in [2.24, 2.45) is 5.92 Å². The average Bonchev–Trinajstić information content (AvgIpc) is 2.28. The van der Waals surface area contributed by atoms with Crippen molar-refractivity contribution in [1.29, 1.82) is 0 Å². The molecule has 2 rings (SSSR count). The molecule has 11 heavy (non-hydrogen) atoms. The molecule has 3 nitrogen and oxygen atoms in total. The molecular formula is C8H11NO2. The SMILES string of the molecule is O=C1C[C@H]2C(CCO)C=CN12. The van der Waals surface area contributed by atoms with E-state index in [-0.39, 0.29) is 12.5 Å². The van der Waals surface area contributed by atoms with Crippen LogP contribution in [0.4, 0.5) is 0 Å². The van der Waals surface area contributed by atoms with Gasteiger partial charge in [-0.1, -0.05) is 6.08 Å². The van der Waals surface area contributed by atoms with E-state index >= 15 is 0 Å². The summed E-state index contributed by atoms with van der Waals surface area (Å²) in [5.41, 5.74) is 0. The van der Waals surface area contributed by atoms with Crippen LogP contribution in [0.25, 0.3) is 0 Å². The van der Waals surface area contributed by atoms with Crippen LogP contribution in [0.2, 0.25) is 0 Å². The van der Waals surface area contributed by atoms with Gasteiger partial charge >= 0.3 is 0 Å². The molecule has 1 N–H and O–H groups in total. The summed E-state index contributed by atoms with van der Waals surface area (Å²) in [6.45, 7) is 0.216. The molecule has 2 atom stereocenters. The monoisotopic (exact) mass is 153 g/mol. The van der Waals surface area contributed by atoms with E-state index in [2.05, 4.69) is 0 Å². The maximum atomic E-state index is 10.9. The molecule has 2 aliphatic heterocycles. The standard InChI is InChI=1S/C8H11NO2/c10-4-2-6-1-3-9-7(6)5-8(9)11/h1,3,6-7,10H,2,4-5H2/t6?,7-/m0/s1. The second kappa shape index (κ2) is 2.34. The molecule has 3 heteroatoms. The highest BCUT2D eigenvalue weighted by Gasteiger charge is 2.42. The van der Waals surface area contributed by atoms with Gasteiger partial charge in [-0.15, -0.1) is 0 Å². The smallest absolute Gasteiger partial charge is 0.228 e. The summed E-state index contributed by atoms with van der Waals surface area (Å²) in [4.78, 5) is 12.6. The van der Waals surface area contributed by atoms with Gasteiger partial charge in [-0.2, -0.15) is 0 Å². The van der Waals surface area contributed by atoms with Crippen LogP contribution >= 0.6 is 0 Å². The Balaban J connectivity index is 1.99. The fourth-order valence-electron chi connectivity index (χ4n) is 1.78. The van der Waals surface area contributed by atoms with Crippen LogP contribution in [-0.2, 0) is 4.79 Å². The molecule has 0 aliphatic carbocycles. The third-order valence-electron chi connectivity index (χ3n) is 2.48. The lowest BCUT2D eigenvalue weighted by atomic mass is 9.90. The minimum absolute atomic E-state index is 0.215. The minimum atomic E-state index is 0.215. The summed E-state index contributed by atoms with van der Waals surface area (Å²) >= 11 is 0. The number of β-lactam (4-membered cyclic amide) rings is 1. The Kier molecular flexibility index (Phi) is 1.46. The number of aliphatic hydroxyl groups excluding tert-OH is 1. The van der Waals surface area contributed by atoms with E-state index < -0.39 is 0 Å². The molecule has 1 fully saturated rings. The predicted octanol–water partition coefficient (Wildman–Crippen LogP) is 0.113. The Bertz CT molecular complexity index is 212. The third-order valence-corrected chi connectivity index (χ3v) is 2.48. The van der Waals surface area contributed by atoms with Crippen LogP contribution < -0.4 is 0 Å². The number of amides is 1. The topological polar surface area (TPSA) is 40.5 Å². The van der Waals surface area contributed by atoms with Crippen LogP contribution in [-0.4, -0.2) is 28.6 Å². The van der Waals surface area contributed by atoms with Gasteiger partial charge in [0.1, 0.15) is 0 Å². The lowest BCUT2D eigenvalue weighted by Crippen LogP contribution is -2.49. The van der Waals surface area contributed by atoms with Gasteiger partial charge in [-0.25, -0.2) is 0 Å². The summed E-state index contributed by atoms with van der Waals surface area (Å²) in [6, 6.07) is 0.370. The Hall–Kier alpha value is -0.830. The van der Waals surface area contributed by atoms with Gasteiger partial charge in [-0.05, 0) is 6.42 Å². The van der Waals surface area contributed by atoms with Crippen molar-refractivity contribution >= 4 is 5.91 Å². The van der Waals surface area contributed by atoms with Gasteiger partial charge in [0.25, 0.3) is 0 Å². The maximum absolute atomic E-state index is 10.9. The first-order valence-electron chi connectivity index (χ1n) is 3.93. The van der Waals surface area contributed by atoms with Gasteiger partial charge in [-0.3, -0.25) is 4.79 Å². The number of rotatable bonds is 2. The average molecular weight is 153 g/mol. The molecular weight excluding hydrogens is 142 g/mol. The van der Waals surface area contributed by atoms with E-state index in [1.54, 1.807) is 4.90 Å². The summed E-state index contributed by atoms with van der Waals surface area (Å²) in [5.74, 6) is 0.615. The first-order valence-corrected chi connectivity index (χ1v) is 3.93. The number of hydrogen-bond acceptors (Lipinski definition) is 2. The highest BCUT2D eigenvalue weighted by Crippen LogP contribution is 2.34. The number of nitrogens with zero attached hydrogens (tertiary/aromatic N) is 1. The number of hydrogen-bond donors (Lipinski definition) is 1. The Labute approximate surface area is 65.3 Å². The third kappa shape index (κ3) is 0.878. The number of carbonyl (C=O) groups is 1. The number of carbonyl (C=O) groups excluding carboxylic acids is 1. The molecule has 0 bridgehead atoms. The van der Waals surface area contributed by atoms with Crippen LogP contribution in [0.3, 0.4) is 0 Å². The molecule has 2 aliphatic rings. The zero-order chi connectivity index (χ0) is 7.84. The van der Waals surface area contributed by atoms with Crippen molar-refractivity contribution in [3.63, 3.8) is 0 Å². The highest BCUT2D eigenvalue weighted by atomic mass is 16.3. The van der Waals surface area contributed by atoms with Gasteiger partial charge in [0.05, 0.1) is 6.04 Å². The van der Waals surface area contributed by atoms with Gasteiger partial charge in [0, 0.05) is 25.1 Å². The molecule has 0 radical (unpaired) electrons. The second-order valence-electron chi connectivity index (χ2n) is 3.09. The van der Waals surface area contributed by atoms with E-state index in [4.69, 9.17) is 5.11 Å². The zero-order valence-corrected chi connectivity index (χ0v) is 6.23. The molecule has 1 unspecified atom stereocenters. The highest BCUT2D eigenvalue weighted by molar-refractivity contribution is 5.85. The van der Waals surface area contributed by atoms with Crippen molar-refractivity contribution in [3.8, 4) is 0 Å². The van der Waals surface area contributed by atoms with E-state index in [1.165, 1.54) is 0 Å². The molecule has 2 heterocycles. The Morgan fingerprint density at radius 3 is 3.09 bits per heavy atom. The largest absolute Gasteiger partial charge is 0.396 e. The Morgan fingerprint density at radius 1 is 1.73 bits per heavy atom. The van der Waals surface area contributed by atoms with Gasteiger partial charge < -0.3 is 10.0 Å². The quantitative estimate of drug-likeness (QED) is 0.572. The molecule has 0 saturated carbocycles. The summed E-state index contributed by atoms with van der Waals surface area (Å²) in [7, 11) is 0. The van der Waals surface area contributed by atoms with Crippen LogP contribution in [0, 0.1) is 5.92 Å². The number of fused-ring (bicyclic) bond motifs is 1. The fraction of sp³-hybridized carbons (Fsp3) is 0.625. The lowest BCUT2D eigenvalue weighted by Gasteiger charge is -2.36. The van der Waals surface area contributed by atoms with Crippen LogP contribution in [0.1, 0.15) is 12.8 Å². The van der Waals surface area contributed by atoms with E-state index in [0.29, 0.717) is 18.4 Å². The van der Waals surface area contributed by atoms with E-state index in [0.717, 1.165) is 6.42 Å². The van der Waals surface area contributed by atoms with Crippen molar-refractivity contribution in [2.75, 3.05) is 6.61 Å². The molecule has 0 aromatic heterocycles. The molecule has 1 saturated heterocycles. The van der Waals surface area contributed by atoms with E-state index in [9.17, 15) is 4.79 Å². The summed E-state index contributed by atoms with van der Waals surface area (Å²) < 4.78 is 0. The first kappa shape index (κ1) is 6.85. The number of aliphatic hydroxyl groups is 1. The Morgan fingerprint density at radius 2 is 2.55 bits per heavy atom. The zero-order valence-electron chi connectivity index (χ0n) is 6.23. The van der Waals surface area contributed by atoms with Crippen molar-refractivity contribution in [2.45, 2.75) is 18.9 Å². The van der Waals surface area contributed by atoms with Gasteiger partial charge in [0.15, 0.2) is 0 Å². The molecule has 1 amide bonds. The summed E-state index contributed by atoms with van der Waals surface area (Å²) in [5, 5.41) is 8.68. The van der Waals surface area contributed by atoms with Crippen molar-refractivity contribution < 1.29 is 9.90 Å². The van der Waals surface area contributed by atoms with Crippen molar-refractivity contribution in [1.82, 2.24) is 4.90 Å². The van der Waals surface area contributed by atoms with Crippen molar-refractivity contribution in [3.05, 3.63) is 12.3 Å². The van der Waals surface area contributed by atoms with Crippen LogP contribution in [0.5, 0.6) is 0 Å². The van der Waals surface area contributed by atoms with Crippen LogP contribution in [0.15, 0.2) is 12.3 Å². The fourth-order valence-corrected chi connectivity index (χ4v) is 1.78. The van der Waals surface area contributed by atoms with E-state index in [1.807, 2.05) is 12.3 Å². The minimum Gasteiger partial charge on any atom is -0.396 e.